The Hall–Kier alpha value is -3.10. The standard InChI is InChI=1S/C26H31NO6S/c1-5-19-15-24(22-14-20(17(2)3)8-11-23(32-4)26(19)22)34(30,31)27-13-12-18-6-9-21(10-7-18)33-16-25(28)29/h6-11,14-15,17,27H,5,12-13,16H2,1-4H3,(H,28,29). The lowest BCUT2D eigenvalue weighted by Gasteiger charge is -2.10. The van der Waals surface area contributed by atoms with E-state index in [0.29, 0.717) is 29.9 Å². The second kappa shape index (κ2) is 10.9. The lowest BCUT2D eigenvalue weighted by molar-refractivity contribution is -0.139. The third kappa shape index (κ3) is 5.87. The van der Waals surface area contributed by atoms with E-state index in [1.54, 1.807) is 37.4 Å². The van der Waals surface area contributed by atoms with Crippen LogP contribution in [-0.4, -0.2) is 39.8 Å². The number of rotatable bonds is 11. The van der Waals surface area contributed by atoms with E-state index >= 15 is 0 Å². The summed E-state index contributed by atoms with van der Waals surface area (Å²) in [6.45, 7) is 5.95. The molecule has 182 valence electrons. The van der Waals surface area contributed by atoms with Gasteiger partial charge in [-0.05, 0) is 65.8 Å². The van der Waals surface area contributed by atoms with Crippen molar-refractivity contribution in [2.24, 2.45) is 0 Å². The van der Waals surface area contributed by atoms with Gasteiger partial charge in [0.15, 0.2) is 6.61 Å². The summed E-state index contributed by atoms with van der Waals surface area (Å²) in [4.78, 5) is 10.9. The number of fused-ring (bicyclic) bond motifs is 1. The SMILES string of the molecule is CCc1cc(S(=O)(=O)NCCc2ccc(OCC(=O)O)cc2)c2cc(C(C)C)ccc(OC)c1-2. The van der Waals surface area contributed by atoms with Crippen molar-refractivity contribution in [2.45, 2.75) is 44.4 Å². The van der Waals surface area contributed by atoms with Crippen LogP contribution in [0.15, 0.2) is 53.4 Å². The molecule has 1 aromatic carbocycles. The fraction of sp³-hybridized carbons (Fsp3) is 0.346. The Bertz CT molecular complexity index is 1220. The van der Waals surface area contributed by atoms with Gasteiger partial charge >= 0.3 is 5.97 Å². The molecule has 0 amide bonds. The molecule has 34 heavy (non-hydrogen) atoms. The summed E-state index contributed by atoms with van der Waals surface area (Å²) in [7, 11) is -2.17. The lowest BCUT2D eigenvalue weighted by atomic mass is 10.0. The Labute approximate surface area is 201 Å². The molecule has 0 bridgehead atoms. The number of aryl methyl sites for hydroxylation is 1. The Morgan fingerprint density at radius 1 is 1.09 bits per heavy atom. The van der Waals surface area contributed by atoms with Crippen molar-refractivity contribution >= 4 is 16.0 Å². The van der Waals surface area contributed by atoms with E-state index in [4.69, 9.17) is 14.6 Å². The first-order chi connectivity index (χ1) is 16.2. The van der Waals surface area contributed by atoms with Gasteiger partial charge in [0, 0.05) is 17.7 Å². The number of nitrogens with one attached hydrogen (secondary N) is 1. The van der Waals surface area contributed by atoms with Gasteiger partial charge in [-0.25, -0.2) is 17.9 Å². The third-order valence-corrected chi connectivity index (χ3v) is 7.20. The van der Waals surface area contributed by atoms with Gasteiger partial charge < -0.3 is 14.6 Å². The number of aliphatic carboxylic acids is 1. The second-order valence-corrected chi connectivity index (χ2v) is 10.1. The number of sulfonamides is 1. The van der Waals surface area contributed by atoms with E-state index in [1.807, 2.05) is 25.1 Å². The van der Waals surface area contributed by atoms with Crippen LogP contribution in [0.5, 0.6) is 11.5 Å². The number of hydrogen-bond acceptors (Lipinski definition) is 5. The third-order valence-electron chi connectivity index (χ3n) is 5.69. The first-order valence-electron chi connectivity index (χ1n) is 11.2. The van der Waals surface area contributed by atoms with Crippen LogP contribution >= 0.6 is 0 Å². The van der Waals surface area contributed by atoms with Crippen molar-refractivity contribution in [3.8, 4) is 22.6 Å². The summed E-state index contributed by atoms with van der Waals surface area (Å²) in [6.07, 6.45) is 1.16. The monoisotopic (exact) mass is 485 g/mol. The van der Waals surface area contributed by atoms with E-state index in [9.17, 15) is 13.2 Å². The molecule has 0 saturated carbocycles. The van der Waals surface area contributed by atoms with Gasteiger partial charge in [-0.3, -0.25) is 0 Å². The zero-order chi connectivity index (χ0) is 24.9. The molecule has 0 heterocycles. The molecule has 2 aliphatic carbocycles. The van der Waals surface area contributed by atoms with E-state index in [-0.39, 0.29) is 17.4 Å². The molecule has 0 aromatic heterocycles. The molecule has 2 N–H and O–H groups in total. The maximum Gasteiger partial charge on any atom is 0.341 e. The molecule has 0 saturated heterocycles. The van der Waals surface area contributed by atoms with Gasteiger partial charge in [0.1, 0.15) is 11.5 Å². The Morgan fingerprint density at radius 2 is 1.79 bits per heavy atom. The molecule has 0 aliphatic heterocycles. The van der Waals surface area contributed by atoms with Gasteiger partial charge in [0.25, 0.3) is 0 Å². The predicted molar refractivity (Wildman–Crippen MR) is 132 cm³/mol. The molecular formula is C26H31NO6S. The quantitative estimate of drug-likeness (QED) is 0.416. The minimum absolute atomic E-state index is 0.221. The van der Waals surface area contributed by atoms with Crippen LogP contribution in [0.25, 0.3) is 11.1 Å². The van der Waals surface area contributed by atoms with Gasteiger partial charge in [0.2, 0.25) is 10.0 Å². The summed E-state index contributed by atoms with van der Waals surface area (Å²) in [5.74, 6) is 0.290. The highest BCUT2D eigenvalue weighted by Crippen LogP contribution is 2.42. The fourth-order valence-electron chi connectivity index (χ4n) is 3.84. The van der Waals surface area contributed by atoms with Gasteiger partial charge in [-0.15, -0.1) is 0 Å². The summed E-state index contributed by atoms with van der Waals surface area (Å²) < 4.78 is 40.1. The molecular weight excluding hydrogens is 454 g/mol. The largest absolute Gasteiger partial charge is 0.496 e. The van der Waals surface area contributed by atoms with Crippen LogP contribution in [0.4, 0.5) is 0 Å². The number of carboxylic acid groups (broad SMARTS) is 1. The normalized spacial score (nSPS) is 11.7. The molecule has 0 atom stereocenters. The number of methoxy groups -OCH3 is 1. The Morgan fingerprint density at radius 3 is 2.38 bits per heavy atom. The second-order valence-electron chi connectivity index (χ2n) is 8.35. The summed E-state index contributed by atoms with van der Waals surface area (Å²) in [5.41, 5.74) is 4.35. The number of carbonyl (C=O) groups is 1. The van der Waals surface area contributed by atoms with Crippen LogP contribution in [0, 0.1) is 0 Å². The maximum absolute atomic E-state index is 13.3. The fourth-order valence-corrected chi connectivity index (χ4v) is 5.12. The number of hydrogen-bond donors (Lipinski definition) is 2. The number of benzene rings is 1. The van der Waals surface area contributed by atoms with Gasteiger partial charge in [0.05, 0.1) is 12.0 Å². The Balaban J connectivity index is 1.82. The van der Waals surface area contributed by atoms with E-state index in [1.165, 1.54) is 0 Å². The highest BCUT2D eigenvalue weighted by atomic mass is 32.2. The first-order valence-corrected chi connectivity index (χ1v) is 12.7. The number of ether oxygens (including phenoxy) is 2. The van der Waals surface area contributed by atoms with E-state index in [2.05, 4.69) is 18.6 Å². The lowest BCUT2D eigenvalue weighted by Crippen LogP contribution is -2.26. The van der Waals surface area contributed by atoms with Crippen molar-refractivity contribution in [1.29, 1.82) is 0 Å². The average Bonchev–Trinajstić information content (AvgIpc) is 3.06. The summed E-state index contributed by atoms with van der Waals surface area (Å²) >= 11 is 0. The highest BCUT2D eigenvalue weighted by molar-refractivity contribution is 7.89. The van der Waals surface area contributed by atoms with Crippen LogP contribution < -0.4 is 14.2 Å². The maximum atomic E-state index is 13.3. The molecule has 7 nitrogen and oxygen atoms in total. The van der Waals surface area contributed by atoms with Gasteiger partial charge in [-0.2, -0.15) is 0 Å². The molecule has 1 aromatic rings. The van der Waals surface area contributed by atoms with Crippen LogP contribution in [0.2, 0.25) is 0 Å². The Kier molecular flexibility index (Phi) is 8.17. The van der Waals surface area contributed by atoms with Crippen LogP contribution in [-0.2, 0) is 27.7 Å². The zero-order valence-electron chi connectivity index (χ0n) is 19.9. The molecule has 0 spiro atoms. The average molecular weight is 486 g/mol. The van der Waals surface area contributed by atoms with Crippen molar-refractivity contribution in [3.05, 3.63) is 65.2 Å². The van der Waals surface area contributed by atoms with Crippen LogP contribution in [0.1, 0.15) is 43.4 Å². The summed E-state index contributed by atoms with van der Waals surface area (Å²) in [5, 5.41) is 8.69. The number of carboxylic acids is 1. The summed E-state index contributed by atoms with van der Waals surface area (Å²) in [6, 6.07) is 14.5. The van der Waals surface area contributed by atoms with Crippen molar-refractivity contribution < 1.29 is 27.8 Å². The van der Waals surface area contributed by atoms with E-state index in [0.717, 1.165) is 22.3 Å². The first kappa shape index (κ1) is 25.5. The van der Waals surface area contributed by atoms with Crippen LogP contribution in [0.3, 0.4) is 0 Å². The molecule has 8 heteroatoms. The molecule has 3 rings (SSSR count). The predicted octanol–water partition coefficient (Wildman–Crippen LogP) is 4.47. The van der Waals surface area contributed by atoms with E-state index < -0.39 is 22.6 Å². The zero-order valence-corrected chi connectivity index (χ0v) is 20.7. The highest BCUT2D eigenvalue weighted by Gasteiger charge is 2.27. The smallest absolute Gasteiger partial charge is 0.341 e. The molecule has 0 unspecified atom stereocenters. The minimum atomic E-state index is -3.77. The van der Waals surface area contributed by atoms with Crippen molar-refractivity contribution in [2.75, 3.05) is 20.3 Å². The van der Waals surface area contributed by atoms with Crippen molar-refractivity contribution in [3.63, 3.8) is 0 Å². The van der Waals surface area contributed by atoms with Gasteiger partial charge in [-0.1, -0.05) is 39.0 Å². The minimum Gasteiger partial charge on any atom is -0.496 e. The molecule has 0 fully saturated rings. The van der Waals surface area contributed by atoms with Crippen molar-refractivity contribution in [1.82, 2.24) is 4.72 Å². The molecule has 2 aliphatic rings. The topological polar surface area (TPSA) is 102 Å². The molecule has 0 radical (unpaired) electrons.